The van der Waals surface area contributed by atoms with Crippen molar-refractivity contribution in [1.82, 2.24) is 4.90 Å². The Kier molecular flexibility index (Phi) is 2.63. The van der Waals surface area contributed by atoms with E-state index >= 15 is 0 Å². The highest BCUT2D eigenvalue weighted by molar-refractivity contribution is 9.10. The third-order valence-electron chi connectivity index (χ3n) is 2.37. The van der Waals surface area contributed by atoms with Crippen LogP contribution >= 0.6 is 15.9 Å². The molecule has 0 radical (unpaired) electrons. The zero-order valence-electron chi connectivity index (χ0n) is 8.00. The third-order valence-corrected chi connectivity index (χ3v) is 2.80. The van der Waals surface area contributed by atoms with E-state index in [4.69, 9.17) is 4.42 Å². The summed E-state index contributed by atoms with van der Waals surface area (Å²) in [5.74, 6) is 0.423. The van der Waals surface area contributed by atoms with Crippen LogP contribution in [0.2, 0.25) is 0 Å². The smallest absolute Gasteiger partial charge is 0.289 e. The maximum absolute atomic E-state index is 11.9. The van der Waals surface area contributed by atoms with E-state index < -0.39 is 0 Å². The fraction of sp³-hybridized carbons (Fsp3) is 0.500. The second kappa shape index (κ2) is 3.77. The number of halogens is 1. The summed E-state index contributed by atoms with van der Waals surface area (Å²) in [6.45, 7) is 2.75. The largest absolute Gasteiger partial charge is 0.444 e. The Morgan fingerprint density at radius 2 is 2.36 bits per heavy atom. The maximum atomic E-state index is 11.9. The first-order chi connectivity index (χ1) is 6.72. The van der Waals surface area contributed by atoms with Gasteiger partial charge in [-0.25, -0.2) is 0 Å². The molecule has 0 aliphatic heterocycles. The van der Waals surface area contributed by atoms with Crippen molar-refractivity contribution in [3.63, 3.8) is 0 Å². The molecule has 0 N–H and O–H groups in total. The predicted octanol–water partition coefficient (Wildman–Crippen LogP) is 2.67. The summed E-state index contributed by atoms with van der Waals surface area (Å²) in [5.41, 5.74) is 0. The molecular weight excluding hydrogens is 246 g/mol. The highest BCUT2D eigenvalue weighted by Crippen LogP contribution is 2.28. The summed E-state index contributed by atoms with van der Waals surface area (Å²) in [7, 11) is 0. The molecule has 1 aromatic heterocycles. The molecule has 0 saturated heterocycles. The summed E-state index contributed by atoms with van der Waals surface area (Å²) in [5, 5.41) is 0. The quantitative estimate of drug-likeness (QED) is 0.835. The van der Waals surface area contributed by atoms with Gasteiger partial charge in [-0.2, -0.15) is 0 Å². The molecule has 2 rings (SSSR count). The molecule has 0 atom stereocenters. The van der Waals surface area contributed by atoms with Gasteiger partial charge < -0.3 is 9.32 Å². The van der Waals surface area contributed by atoms with Crippen molar-refractivity contribution in [2.45, 2.75) is 25.8 Å². The van der Waals surface area contributed by atoms with Gasteiger partial charge in [-0.3, -0.25) is 4.79 Å². The van der Waals surface area contributed by atoms with E-state index in [0.717, 1.165) is 19.4 Å². The molecule has 1 heterocycles. The molecule has 4 heteroatoms. The van der Waals surface area contributed by atoms with Crippen molar-refractivity contribution in [3.8, 4) is 0 Å². The van der Waals surface area contributed by atoms with Crippen LogP contribution in [0.4, 0.5) is 0 Å². The molecule has 14 heavy (non-hydrogen) atoms. The predicted molar refractivity (Wildman–Crippen MR) is 56.1 cm³/mol. The molecule has 0 spiro atoms. The number of hydrogen-bond donors (Lipinski definition) is 0. The first-order valence-corrected chi connectivity index (χ1v) is 5.58. The van der Waals surface area contributed by atoms with Gasteiger partial charge in [0.05, 0.1) is 0 Å². The third kappa shape index (κ3) is 1.85. The Balaban J connectivity index is 2.13. The first kappa shape index (κ1) is 9.77. The Bertz CT molecular complexity index is 344. The van der Waals surface area contributed by atoms with Gasteiger partial charge in [-0.05, 0) is 47.8 Å². The average molecular weight is 258 g/mol. The first-order valence-electron chi connectivity index (χ1n) is 4.78. The number of carbonyl (C=O) groups is 1. The maximum Gasteiger partial charge on any atom is 0.289 e. The molecule has 1 fully saturated rings. The highest BCUT2D eigenvalue weighted by atomic mass is 79.9. The van der Waals surface area contributed by atoms with Gasteiger partial charge in [-0.15, -0.1) is 0 Å². The fourth-order valence-corrected chi connectivity index (χ4v) is 1.83. The van der Waals surface area contributed by atoms with Gasteiger partial charge in [0.2, 0.25) is 0 Å². The number of amides is 1. The second-order valence-electron chi connectivity index (χ2n) is 3.43. The second-order valence-corrected chi connectivity index (χ2v) is 4.21. The summed E-state index contributed by atoms with van der Waals surface area (Å²) in [4.78, 5) is 13.7. The summed E-state index contributed by atoms with van der Waals surface area (Å²) >= 11 is 3.19. The lowest BCUT2D eigenvalue weighted by molar-refractivity contribution is 0.0719. The standard InChI is InChI=1S/C10H12BrNO2/c1-2-12(7-3-4-7)10(13)8-5-6-9(11)14-8/h5-7H,2-4H2,1H3. The lowest BCUT2D eigenvalue weighted by Crippen LogP contribution is -2.32. The molecule has 1 saturated carbocycles. The molecule has 1 amide bonds. The fourth-order valence-electron chi connectivity index (χ4n) is 1.52. The molecular formula is C10H12BrNO2. The zero-order valence-corrected chi connectivity index (χ0v) is 9.58. The van der Waals surface area contributed by atoms with Crippen LogP contribution in [0, 0.1) is 0 Å². The highest BCUT2D eigenvalue weighted by Gasteiger charge is 2.32. The van der Waals surface area contributed by atoms with E-state index in [1.807, 2.05) is 11.8 Å². The molecule has 1 aliphatic carbocycles. The molecule has 1 aliphatic rings. The summed E-state index contributed by atoms with van der Waals surface area (Å²) < 4.78 is 5.84. The topological polar surface area (TPSA) is 33.5 Å². The SMILES string of the molecule is CCN(C(=O)c1ccc(Br)o1)C1CC1. The minimum atomic E-state index is 0.000648. The van der Waals surface area contributed by atoms with Gasteiger partial charge in [0, 0.05) is 12.6 Å². The number of furan rings is 1. The van der Waals surface area contributed by atoms with Crippen LogP contribution in [0.3, 0.4) is 0 Å². The van der Waals surface area contributed by atoms with Crippen molar-refractivity contribution >= 4 is 21.8 Å². The van der Waals surface area contributed by atoms with E-state index in [1.165, 1.54) is 0 Å². The Labute approximate surface area is 91.2 Å². The molecule has 0 aromatic carbocycles. The zero-order chi connectivity index (χ0) is 10.1. The van der Waals surface area contributed by atoms with Crippen molar-refractivity contribution in [2.75, 3.05) is 6.54 Å². The number of hydrogen-bond acceptors (Lipinski definition) is 2. The minimum absolute atomic E-state index is 0.000648. The van der Waals surface area contributed by atoms with E-state index in [1.54, 1.807) is 12.1 Å². The van der Waals surface area contributed by atoms with Crippen LogP contribution in [-0.2, 0) is 0 Å². The van der Waals surface area contributed by atoms with Gasteiger partial charge in [0.15, 0.2) is 10.4 Å². The van der Waals surface area contributed by atoms with E-state index in [-0.39, 0.29) is 5.91 Å². The average Bonchev–Trinajstić information content (AvgIpc) is 2.90. The molecule has 76 valence electrons. The van der Waals surface area contributed by atoms with Crippen LogP contribution in [0.25, 0.3) is 0 Å². The van der Waals surface area contributed by atoms with E-state index in [0.29, 0.717) is 16.5 Å². The van der Waals surface area contributed by atoms with Gasteiger partial charge in [0.1, 0.15) is 0 Å². The van der Waals surface area contributed by atoms with Gasteiger partial charge in [-0.1, -0.05) is 0 Å². The van der Waals surface area contributed by atoms with Gasteiger partial charge in [0.25, 0.3) is 5.91 Å². The Hall–Kier alpha value is -0.770. The van der Waals surface area contributed by atoms with Crippen LogP contribution in [-0.4, -0.2) is 23.4 Å². The van der Waals surface area contributed by atoms with Gasteiger partial charge >= 0.3 is 0 Å². The lowest BCUT2D eigenvalue weighted by Gasteiger charge is -2.18. The monoisotopic (exact) mass is 257 g/mol. The van der Waals surface area contributed by atoms with E-state index in [2.05, 4.69) is 15.9 Å². The Morgan fingerprint density at radius 1 is 1.64 bits per heavy atom. The minimum Gasteiger partial charge on any atom is -0.444 e. The molecule has 3 nitrogen and oxygen atoms in total. The number of nitrogens with zero attached hydrogens (tertiary/aromatic N) is 1. The van der Waals surface area contributed by atoms with E-state index in [9.17, 15) is 4.79 Å². The van der Waals surface area contributed by atoms with Crippen molar-refractivity contribution < 1.29 is 9.21 Å². The van der Waals surface area contributed by atoms with Crippen LogP contribution in [0.5, 0.6) is 0 Å². The molecule has 0 bridgehead atoms. The Morgan fingerprint density at radius 3 is 2.79 bits per heavy atom. The van der Waals surface area contributed by atoms with Crippen LogP contribution in [0.15, 0.2) is 21.2 Å². The molecule has 0 unspecified atom stereocenters. The number of carbonyl (C=O) groups excluding carboxylic acids is 1. The summed E-state index contributed by atoms with van der Waals surface area (Å²) in [6, 6.07) is 3.89. The lowest BCUT2D eigenvalue weighted by atomic mass is 10.3. The van der Waals surface area contributed by atoms with Crippen molar-refractivity contribution in [2.24, 2.45) is 0 Å². The molecule has 1 aromatic rings. The van der Waals surface area contributed by atoms with Crippen LogP contribution in [0.1, 0.15) is 30.3 Å². The van der Waals surface area contributed by atoms with Crippen molar-refractivity contribution in [3.05, 3.63) is 22.6 Å². The number of rotatable bonds is 3. The normalized spacial score (nSPS) is 15.6. The summed E-state index contributed by atoms with van der Waals surface area (Å²) in [6.07, 6.45) is 2.25. The van der Waals surface area contributed by atoms with Crippen LogP contribution < -0.4 is 0 Å². The van der Waals surface area contributed by atoms with Crippen molar-refractivity contribution in [1.29, 1.82) is 0 Å².